The molecule has 4 rings (SSSR count). The number of aromatic nitrogens is 3. The van der Waals surface area contributed by atoms with E-state index in [1.807, 2.05) is 12.3 Å². The number of imidazole rings is 1. The third-order valence-electron chi connectivity index (χ3n) is 5.72. The summed E-state index contributed by atoms with van der Waals surface area (Å²) in [5.41, 5.74) is 2.85. The topological polar surface area (TPSA) is 91.3 Å². The van der Waals surface area contributed by atoms with Crippen molar-refractivity contribution in [3.05, 3.63) is 23.7 Å². The van der Waals surface area contributed by atoms with Crippen LogP contribution in [0.3, 0.4) is 0 Å². The van der Waals surface area contributed by atoms with E-state index in [1.165, 1.54) is 10.5 Å². The summed E-state index contributed by atoms with van der Waals surface area (Å²) in [6.45, 7) is 6.16. The molecule has 140 valence electrons. The molecule has 7 heteroatoms. The molecule has 2 aromatic rings. The molecule has 1 amide bonds. The van der Waals surface area contributed by atoms with E-state index in [0.29, 0.717) is 24.9 Å². The maximum atomic E-state index is 11.1. The largest absolute Gasteiger partial charge is 0.465 e. The Balaban J connectivity index is 1.59. The van der Waals surface area contributed by atoms with Crippen LogP contribution in [-0.4, -0.2) is 56.3 Å². The van der Waals surface area contributed by atoms with Crippen molar-refractivity contribution in [2.24, 2.45) is 0 Å². The van der Waals surface area contributed by atoms with E-state index in [1.54, 1.807) is 0 Å². The molecular formula is C19H26N4O3. The number of ether oxygens (including phenoxy) is 1. The molecule has 26 heavy (non-hydrogen) atoms. The van der Waals surface area contributed by atoms with E-state index < -0.39 is 6.09 Å². The zero-order valence-corrected chi connectivity index (χ0v) is 15.4. The maximum Gasteiger partial charge on any atom is 0.407 e. The Hall–Kier alpha value is -2.15. The van der Waals surface area contributed by atoms with Crippen molar-refractivity contribution in [3.8, 4) is 0 Å². The first-order valence-corrected chi connectivity index (χ1v) is 9.39. The van der Waals surface area contributed by atoms with Crippen LogP contribution in [0, 0.1) is 0 Å². The molecule has 2 fully saturated rings. The lowest BCUT2D eigenvalue weighted by atomic mass is 9.88. The monoisotopic (exact) mass is 358 g/mol. The molecule has 0 radical (unpaired) electrons. The molecule has 4 heterocycles. The van der Waals surface area contributed by atoms with Gasteiger partial charge in [0.2, 0.25) is 0 Å². The van der Waals surface area contributed by atoms with Gasteiger partial charge in [0.25, 0.3) is 0 Å². The molecule has 0 aliphatic carbocycles. The number of piperidine rings is 1. The molecule has 0 bridgehead atoms. The molecular weight excluding hydrogens is 332 g/mol. The fourth-order valence-corrected chi connectivity index (χ4v) is 4.32. The first-order valence-electron chi connectivity index (χ1n) is 9.39. The van der Waals surface area contributed by atoms with Crippen LogP contribution in [0.25, 0.3) is 11.2 Å². The van der Waals surface area contributed by atoms with Crippen molar-refractivity contribution < 1.29 is 14.6 Å². The predicted molar refractivity (Wildman–Crippen MR) is 97.5 cm³/mol. The number of hydrogen-bond acceptors (Lipinski definition) is 4. The second-order valence-electron chi connectivity index (χ2n) is 8.06. The van der Waals surface area contributed by atoms with Crippen LogP contribution >= 0.6 is 0 Å². The van der Waals surface area contributed by atoms with Crippen LogP contribution in [0.1, 0.15) is 62.8 Å². The smallest absolute Gasteiger partial charge is 0.407 e. The number of fused-ring (bicyclic) bond motifs is 1. The second-order valence-corrected chi connectivity index (χ2v) is 8.06. The minimum Gasteiger partial charge on any atom is -0.465 e. The molecule has 2 saturated heterocycles. The van der Waals surface area contributed by atoms with Gasteiger partial charge in [0.1, 0.15) is 11.3 Å². The van der Waals surface area contributed by atoms with Gasteiger partial charge in [-0.15, -0.1) is 0 Å². The SMILES string of the molecule is CC1(C)CC(c2nc3c(C4CCN(C(=O)O)CC4)ccnc3[nH]2)CCO1. The van der Waals surface area contributed by atoms with Gasteiger partial charge in [-0.1, -0.05) is 0 Å². The van der Waals surface area contributed by atoms with Gasteiger partial charge in [0.05, 0.1) is 5.60 Å². The Morgan fingerprint density at radius 1 is 1.31 bits per heavy atom. The van der Waals surface area contributed by atoms with Crippen molar-refractivity contribution >= 4 is 17.3 Å². The standard InChI is InChI=1S/C19H26N4O3/c1-19(2)11-13(6-10-26-19)16-21-15-14(3-7-20-17(15)22-16)12-4-8-23(9-5-12)18(24)25/h3,7,12-13H,4-6,8-11H2,1-2H3,(H,24,25)(H,20,21,22). The van der Waals surface area contributed by atoms with Crippen LogP contribution < -0.4 is 0 Å². The first-order chi connectivity index (χ1) is 12.4. The van der Waals surface area contributed by atoms with E-state index >= 15 is 0 Å². The van der Waals surface area contributed by atoms with Crippen molar-refractivity contribution in [1.82, 2.24) is 19.9 Å². The second kappa shape index (κ2) is 6.54. The fourth-order valence-electron chi connectivity index (χ4n) is 4.32. The quantitative estimate of drug-likeness (QED) is 0.857. The minimum atomic E-state index is -0.826. The molecule has 2 aliphatic heterocycles. The van der Waals surface area contributed by atoms with Crippen LogP contribution in [0.4, 0.5) is 4.79 Å². The number of rotatable bonds is 2. The Morgan fingerprint density at radius 3 is 2.77 bits per heavy atom. The number of hydrogen-bond donors (Lipinski definition) is 2. The Bertz CT molecular complexity index is 808. The molecule has 1 atom stereocenters. The molecule has 0 saturated carbocycles. The van der Waals surface area contributed by atoms with E-state index in [4.69, 9.17) is 14.8 Å². The van der Waals surface area contributed by atoms with Gasteiger partial charge in [-0.3, -0.25) is 0 Å². The molecule has 0 spiro atoms. The molecule has 7 nitrogen and oxygen atoms in total. The summed E-state index contributed by atoms with van der Waals surface area (Å²) >= 11 is 0. The van der Waals surface area contributed by atoms with Gasteiger partial charge < -0.3 is 19.7 Å². The fraction of sp³-hybridized carbons (Fsp3) is 0.632. The number of nitrogens with zero attached hydrogens (tertiary/aromatic N) is 3. The van der Waals surface area contributed by atoms with Crippen molar-refractivity contribution in [2.45, 2.75) is 57.0 Å². The minimum absolute atomic E-state index is 0.123. The zero-order chi connectivity index (χ0) is 18.3. The highest BCUT2D eigenvalue weighted by molar-refractivity contribution is 5.75. The van der Waals surface area contributed by atoms with Crippen LogP contribution in [-0.2, 0) is 4.74 Å². The van der Waals surface area contributed by atoms with E-state index in [0.717, 1.165) is 49.3 Å². The number of aromatic amines is 1. The average molecular weight is 358 g/mol. The summed E-state index contributed by atoms with van der Waals surface area (Å²) in [6, 6.07) is 2.04. The number of likely N-dealkylation sites (tertiary alicyclic amines) is 1. The maximum absolute atomic E-state index is 11.1. The van der Waals surface area contributed by atoms with Crippen LogP contribution in [0.5, 0.6) is 0 Å². The molecule has 0 aromatic carbocycles. The van der Waals surface area contributed by atoms with Crippen molar-refractivity contribution in [1.29, 1.82) is 0 Å². The van der Waals surface area contributed by atoms with Gasteiger partial charge in [-0.25, -0.2) is 14.8 Å². The lowest BCUT2D eigenvalue weighted by Gasteiger charge is -2.34. The molecule has 1 unspecified atom stereocenters. The summed E-state index contributed by atoms with van der Waals surface area (Å²) in [6.07, 6.45) is 4.58. The van der Waals surface area contributed by atoms with E-state index in [9.17, 15) is 4.79 Å². The number of H-pyrrole nitrogens is 1. The Morgan fingerprint density at radius 2 is 2.08 bits per heavy atom. The number of carbonyl (C=O) groups is 1. The number of amides is 1. The highest BCUT2D eigenvalue weighted by Gasteiger charge is 2.32. The summed E-state index contributed by atoms with van der Waals surface area (Å²) in [7, 11) is 0. The highest BCUT2D eigenvalue weighted by atomic mass is 16.5. The lowest BCUT2D eigenvalue weighted by Crippen LogP contribution is -2.36. The average Bonchev–Trinajstić information content (AvgIpc) is 3.05. The normalized spacial score (nSPS) is 24.1. The summed E-state index contributed by atoms with van der Waals surface area (Å²) in [4.78, 5) is 25.5. The third-order valence-corrected chi connectivity index (χ3v) is 5.72. The Labute approximate surface area is 152 Å². The van der Waals surface area contributed by atoms with Crippen molar-refractivity contribution in [3.63, 3.8) is 0 Å². The first kappa shape index (κ1) is 17.3. The molecule has 2 aliphatic rings. The van der Waals surface area contributed by atoms with Crippen LogP contribution in [0.2, 0.25) is 0 Å². The summed E-state index contributed by atoms with van der Waals surface area (Å²) < 4.78 is 5.83. The van der Waals surface area contributed by atoms with Gasteiger partial charge in [0, 0.05) is 31.8 Å². The highest BCUT2D eigenvalue weighted by Crippen LogP contribution is 2.37. The van der Waals surface area contributed by atoms with Gasteiger partial charge in [0.15, 0.2) is 5.65 Å². The van der Waals surface area contributed by atoms with Crippen molar-refractivity contribution in [2.75, 3.05) is 19.7 Å². The van der Waals surface area contributed by atoms with Gasteiger partial charge in [-0.05, 0) is 57.1 Å². The molecule has 2 aromatic heterocycles. The number of carboxylic acid groups (broad SMARTS) is 1. The van der Waals surface area contributed by atoms with Gasteiger partial charge in [-0.2, -0.15) is 0 Å². The zero-order valence-electron chi connectivity index (χ0n) is 15.4. The van der Waals surface area contributed by atoms with Gasteiger partial charge >= 0.3 is 6.09 Å². The Kier molecular flexibility index (Phi) is 4.34. The van der Waals surface area contributed by atoms with E-state index in [2.05, 4.69) is 23.8 Å². The molecule has 2 N–H and O–H groups in total. The summed E-state index contributed by atoms with van der Waals surface area (Å²) in [5, 5.41) is 9.15. The predicted octanol–water partition coefficient (Wildman–Crippen LogP) is 3.49. The van der Waals surface area contributed by atoms with E-state index in [-0.39, 0.29) is 5.60 Å². The number of nitrogens with one attached hydrogen (secondary N) is 1. The summed E-state index contributed by atoms with van der Waals surface area (Å²) in [5.74, 6) is 1.69. The number of pyridine rings is 1. The van der Waals surface area contributed by atoms with Crippen LogP contribution in [0.15, 0.2) is 12.3 Å². The lowest BCUT2D eigenvalue weighted by molar-refractivity contribution is -0.0602. The third kappa shape index (κ3) is 3.28.